The van der Waals surface area contributed by atoms with E-state index in [0.29, 0.717) is 23.8 Å². The summed E-state index contributed by atoms with van der Waals surface area (Å²) in [5.41, 5.74) is 16.0. The molecule has 1 amide bonds. The third kappa shape index (κ3) is 4.69. The Kier molecular flexibility index (Phi) is 6.16. The highest BCUT2D eigenvalue weighted by atomic mass is 35.5. The van der Waals surface area contributed by atoms with E-state index in [4.69, 9.17) is 23.1 Å². The van der Waals surface area contributed by atoms with Crippen LogP contribution in [0.4, 0.5) is 0 Å². The number of nitrogens with one attached hydrogen (secondary N) is 2. The van der Waals surface area contributed by atoms with E-state index in [1.165, 1.54) is 0 Å². The molecule has 27 heavy (non-hydrogen) atoms. The summed E-state index contributed by atoms with van der Waals surface area (Å²) in [4.78, 5) is 15.6. The zero-order chi connectivity index (χ0) is 19.4. The molecule has 0 fully saturated rings. The molecule has 0 unspecified atom stereocenters. The van der Waals surface area contributed by atoms with E-state index in [-0.39, 0.29) is 11.9 Å². The van der Waals surface area contributed by atoms with E-state index in [2.05, 4.69) is 10.3 Å². The van der Waals surface area contributed by atoms with Crippen molar-refractivity contribution in [2.75, 3.05) is 13.1 Å². The molecule has 0 aliphatic heterocycles. The number of halogens is 1. The van der Waals surface area contributed by atoms with E-state index in [9.17, 15) is 4.79 Å². The van der Waals surface area contributed by atoms with Crippen LogP contribution >= 0.6 is 11.6 Å². The Morgan fingerprint density at radius 2 is 2.04 bits per heavy atom. The molecular weight excluding hydrogens is 360 g/mol. The number of aryl methyl sites for hydroxylation is 1. The predicted octanol–water partition coefficient (Wildman–Crippen LogP) is 3.59. The molecular formula is C21H25ClN4O. The van der Waals surface area contributed by atoms with Crippen LogP contribution in [0, 0.1) is 6.92 Å². The molecule has 0 bridgehead atoms. The molecule has 0 aliphatic carbocycles. The maximum Gasteiger partial charge on any atom is 0.267 e. The Labute approximate surface area is 164 Å². The minimum absolute atomic E-state index is 0.0860. The van der Waals surface area contributed by atoms with Gasteiger partial charge in [0.15, 0.2) is 0 Å². The molecule has 3 aromatic rings. The summed E-state index contributed by atoms with van der Waals surface area (Å²) in [6.07, 6.45) is 1.65. The number of aromatic nitrogens is 1. The van der Waals surface area contributed by atoms with Crippen molar-refractivity contribution < 1.29 is 4.79 Å². The predicted molar refractivity (Wildman–Crippen MR) is 112 cm³/mol. The van der Waals surface area contributed by atoms with Gasteiger partial charge in [0, 0.05) is 34.1 Å². The average Bonchev–Trinajstić information content (AvgIpc) is 3.07. The maximum absolute atomic E-state index is 12.4. The Hall–Kier alpha value is -2.34. The van der Waals surface area contributed by atoms with E-state index >= 15 is 0 Å². The van der Waals surface area contributed by atoms with Crippen molar-refractivity contribution in [1.29, 1.82) is 0 Å². The van der Waals surface area contributed by atoms with E-state index in [1.54, 1.807) is 0 Å². The summed E-state index contributed by atoms with van der Waals surface area (Å²) in [6, 6.07) is 13.8. The van der Waals surface area contributed by atoms with Crippen molar-refractivity contribution in [3.8, 4) is 11.1 Å². The molecule has 2 aromatic carbocycles. The average molecular weight is 385 g/mol. The SMILES string of the molecule is Cc1ccc(-c2ccc3cc(C(=O)NC[C@@H](N)CCCN)[nH]c3c2)c(Cl)c1. The van der Waals surface area contributed by atoms with Gasteiger partial charge in [0.1, 0.15) is 5.69 Å². The Morgan fingerprint density at radius 3 is 2.78 bits per heavy atom. The highest BCUT2D eigenvalue weighted by Gasteiger charge is 2.12. The van der Waals surface area contributed by atoms with Gasteiger partial charge >= 0.3 is 0 Å². The lowest BCUT2D eigenvalue weighted by Gasteiger charge is -2.11. The van der Waals surface area contributed by atoms with Gasteiger partial charge in [0.2, 0.25) is 0 Å². The van der Waals surface area contributed by atoms with Gasteiger partial charge in [-0.25, -0.2) is 0 Å². The van der Waals surface area contributed by atoms with Crippen molar-refractivity contribution in [3.05, 3.63) is 58.7 Å². The molecule has 1 aromatic heterocycles. The molecule has 0 saturated carbocycles. The van der Waals surface area contributed by atoms with Gasteiger partial charge < -0.3 is 21.8 Å². The number of nitrogens with two attached hydrogens (primary N) is 2. The number of benzene rings is 2. The Bertz CT molecular complexity index is 951. The van der Waals surface area contributed by atoms with Crippen LogP contribution in [0.5, 0.6) is 0 Å². The summed E-state index contributed by atoms with van der Waals surface area (Å²) < 4.78 is 0. The maximum atomic E-state index is 12.4. The quantitative estimate of drug-likeness (QED) is 0.501. The molecule has 0 spiro atoms. The molecule has 6 heteroatoms. The van der Waals surface area contributed by atoms with Gasteiger partial charge in [-0.3, -0.25) is 4.79 Å². The number of amides is 1. The summed E-state index contributed by atoms with van der Waals surface area (Å²) >= 11 is 6.38. The molecule has 5 nitrogen and oxygen atoms in total. The van der Waals surface area contributed by atoms with Crippen LogP contribution < -0.4 is 16.8 Å². The van der Waals surface area contributed by atoms with Gasteiger partial charge in [0.25, 0.3) is 5.91 Å². The molecule has 142 valence electrons. The zero-order valence-electron chi connectivity index (χ0n) is 15.4. The number of rotatable bonds is 7. The van der Waals surface area contributed by atoms with Crippen molar-refractivity contribution >= 4 is 28.4 Å². The Balaban J connectivity index is 1.76. The van der Waals surface area contributed by atoms with E-state index in [1.807, 2.05) is 49.4 Å². The third-order valence-electron chi connectivity index (χ3n) is 4.61. The lowest BCUT2D eigenvalue weighted by atomic mass is 10.0. The summed E-state index contributed by atoms with van der Waals surface area (Å²) in [5, 5.41) is 4.56. The van der Waals surface area contributed by atoms with Crippen LogP contribution in [-0.2, 0) is 0 Å². The number of hydrogen-bond donors (Lipinski definition) is 4. The van der Waals surface area contributed by atoms with Crippen molar-refractivity contribution in [1.82, 2.24) is 10.3 Å². The number of aromatic amines is 1. The largest absolute Gasteiger partial charge is 0.351 e. The van der Waals surface area contributed by atoms with Gasteiger partial charge in [-0.1, -0.05) is 35.9 Å². The minimum Gasteiger partial charge on any atom is -0.351 e. The van der Waals surface area contributed by atoms with Gasteiger partial charge in [-0.15, -0.1) is 0 Å². The lowest BCUT2D eigenvalue weighted by molar-refractivity contribution is 0.0946. The van der Waals surface area contributed by atoms with E-state index < -0.39 is 0 Å². The molecule has 3 rings (SSSR count). The first-order valence-electron chi connectivity index (χ1n) is 9.11. The normalized spacial score (nSPS) is 12.3. The fourth-order valence-corrected chi connectivity index (χ4v) is 3.42. The molecule has 1 heterocycles. The summed E-state index contributed by atoms with van der Waals surface area (Å²) in [7, 11) is 0. The number of carbonyl (C=O) groups excluding carboxylic acids is 1. The molecule has 1 atom stereocenters. The van der Waals surface area contributed by atoms with Crippen molar-refractivity contribution in [3.63, 3.8) is 0 Å². The monoisotopic (exact) mass is 384 g/mol. The first-order chi connectivity index (χ1) is 13.0. The smallest absolute Gasteiger partial charge is 0.267 e. The van der Waals surface area contributed by atoms with Crippen molar-refractivity contribution in [2.24, 2.45) is 11.5 Å². The second-order valence-electron chi connectivity index (χ2n) is 6.87. The number of fused-ring (bicyclic) bond motifs is 1. The number of hydrogen-bond acceptors (Lipinski definition) is 3. The fourth-order valence-electron chi connectivity index (χ4n) is 3.07. The van der Waals surface area contributed by atoms with Gasteiger partial charge in [0.05, 0.1) is 0 Å². The lowest BCUT2D eigenvalue weighted by Crippen LogP contribution is -2.37. The van der Waals surface area contributed by atoms with Gasteiger partial charge in [-0.05, 0) is 55.6 Å². The molecule has 0 aliphatic rings. The van der Waals surface area contributed by atoms with Gasteiger partial charge in [-0.2, -0.15) is 0 Å². The van der Waals surface area contributed by atoms with E-state index in [0.717, 1.165) is 40.4 Å². The van der Waals surface area contributed by atoms with Crippen LogP contribution in [0.3, 0.4) is 0 Å². The van der Waals surface area contributed by atoms with Crippen molar-refractivity contribution in [2.45, 2.75) is 25.8 Å². The highest BCUT2D eigenvalue weighted by Crippen LogP contribution is 2.31. The number of carbonyl (C=O) groups is 1. The van der Waals surface area contributed by atoms with Crippen LogP contribution in [-0.4, -0.2) is 30.0 Å². The number of H-pyrrole nitrogens is 1. The molecule has 0 saturated heterocycles. The first kappa shape index (κ1) is 19.4. The van der Waals surface area contributed by atoms with Crippen LogP contribution in [0.1, 0.15) is 28.9 Å². The van der Waals surface area contributed by atoms with Crippen LogP contribution in [0.25, 0.3) is 22.0 Å². The topological polar surface area (TPSA) is 96.9 Å². The Morgan fingerprint density at radius 1 is 1.22 bits per heavy atom. The minimum atomic E-state index is -0.163. The summed E-state index contributed by atoms with van der Waals surface area (Å²) in [5.74, 6) is -0.163. The molecule has 0 radical (unpaired) electrons. The first-order valence-corrected chi connectivity index (χ1v) is 9.49. The second kappa shape index (κ2) is 8.57. The zero-order valence-corrected chi connectivity index (χ0v) is 16.1. The fraction of sp³-hybridized carbons (Fsp3) is 0.286. The standard InChI is InChI=1S/C21H25ClN4O/c1-13-4-7-17(18(22)9-13)14-5-6-15-11-20(26-19(15)10-14)21(27)25-12-16(24)3-2-8-23/h4-7,9-11,16,26H,2-3,8,12,23-24H2,1H3,(H,25,27)/t16-/m0/s1. The second-order valence-corrected chi connectivity index (χ2v) is 7.28. The highest BCUT2D eigenvalue weighted by molar-refractivity contribution is 6.33. The molecule has 6 N–H and O–H groups in total. The van der Waals surface area contributed by atoms with Crippen LogP contribution in [0.15, 0.2) is 42.5 Å². The summed E-state index contributed by atoms with van der Waals surface area (Å²) in [6.45, 7) is 3.05. The third-order valence-corrected chi connectivity index (χ3v) is 4.92. The van der Waals surface area contributed by atoms with Crippen LogP contribution in [0.2, 0.25) is 5.02 Å².